The average molecular weight is 717 g/mol. The van der Waals surface area contributed by atoms with Crippen LogP contribution in [0.3, 0.4) is 0 Å². The van der Waals surface area contributed by atoms with Crippen molar-refractivity contribution in [1.29, 1.82) is 10.8 Å². The van der Waals surface area contributed by atoms with Gasteiger partial charge in [-0.3, -0.25) is 19.9 Å². The van der Waals surface area contributed by atoms with Crippen LogP contribution in [0.15, 0.2) is 95.1 Å². The van der Waals surface area contributed by atoms with E-state index in [1.807, 2.05) is 0 Å². The molecule has 2 atom stereocenters. The van der Waals surface area contributed by atoms with Gasteiger partial charge in [0.25, 0.3) is 20.2 Å². The summed E-state index contributed by atoms with van der Waals surface area (Å²) in [7, 11) is -7.25. The molecule has 2 unspecified atom stereocenters. The van der Waals surface area contributed by atoms with Crippen LogP contribution in [0, 0.1) is 10.8 Å². The first-order chi connectivity index (χ1) is 23.7. The third-order valence-corrected chi connectivity index (χ3v) is 12.4. The highest BCUT2D eigenvalue weighted by atomic mass is 32.2. The molecule has 0 saturated carbocycles. The van der Waals surface area contributed by atoms with Crippen molar-refractivity contribution in [2.24, 2.45) is 21.9 Å². The summed E-state index contributed by atoms with van der Waals surface area (Å²) < 4.78 is 82.6. The smallest absolute Gasteiger partial charge is 0.279 e. The predicted octanol–water partition coefficient (Wildman–Crippen LogP) is 3.81. The van der Waals surface area contributed by atoms with E-state index in [0.717, 1.165) is 0 Å². The van der Waals surface area contributed by atoms with Crippen LogP contribution in [-0.4, -0.2) is 63.0 Å². The Morgan fingerprint density at radius 1 is 0.620 bits per heavy atom. The summed E-state index contributed by atoms with van der Waals surface area (Å²) in [4.78, 5) is 0. The zero-order chi connectivity index (χ0) is 36.2. The van der Waals surface area contributed by atoms with Crippen molar-refractivity contribution < 1.29 is 35.4 Å². The summed E-state index contributed by atoms with van der Waals surface area (Å²) in [6, 6.07) is 21.8. The van der Waals surface area contributed by atoms with Crippen LogP contribution < -0.4 is 21.2 Å². The molecular weight excluding hydrogens is 685 g/mol. The third kappa shape index (κ3) is 4.90. The number of nitrogens with two attached hydrogens (primary N) is 2. The maximum atomic E-state index is 13.4. The van der Waals surface area contributed by atoms with Crippen LogP contribution in [0.25, 0.3) is 11.1 Å². The van der Waals surface area contributed by atoms with E-state index in [1.165, 1.54) is 38.5 Å². The molecule has 258 valence electrons. The molecule has 0 aliphatic heterocycles. The lowest BCUT2D eigenvalue weighted by Gasteiger charge is -2.38. The number of benzene rings is 4. The average Bonchev–Trinajstić information content (AvgIpc) is 3.11. The van der Waals surface area contributed by atoms with Crippen LogP contribution >= 0.6 is 0 Å². The van der Waals surface area contributed by atoms with Gasteiger partial charge < -0.3 is 21.2 Å². The van der Waals surface area contributed by atoms with Gasteiger partial charge in [-0.05, 0) is 34.4 Å². The Labute approximate surface area is 288 Å². The van der Waals surface area contributed by atoms with Gasteiger partial charge in [-0.1, -0.05) is 72.8 Å². The number of fused-ring (bicyclic) bond motifs is 2. The molecule has 4 aromatic carbocycles. The van der Waals surface area contributed by atoms with Crippen LogP contribution in [0.2, 0.25) is 0 Å². The molecule has 50 heavy (non-hydrogen) atoms. The summed E-state index contributed by atoms with van der Waals surface area (Å²) in [5, 5.41) is 24.5. The Morgan fingerprint density at radius 3 is 1.30 bits per heavy atom. The fourth-order valence-corrected chi connectivity index (χ4v) is 9.55. The largest absolute Gasteiger partial charge is 0.496 e. The summed E-state index contributed by atoms with van der Waals surface area (Å²) >= 11 is 0. The van der Waals surface area contributed by atoms with Crippen LogP contribution in [0.5, 0.6) is 11.5 Å². The third-order valence-electron chi connectivity index (χ3n) is 9.47. The maximum absolute atomic E-state index is 13.4. The second-order valence-electron chi connectivity index (χ2n) is 11.8. The molecule has 8 N–H and O–H groups in total. The van der Waals surface area contributed by atoms with Crippen LogP contribution in [0.1, 0.15) is 46.2 Å². The van der Waals surface area contributed by atoms with Gasteiger partial charge >= 0.3 is 0 Å². The standard InChI is InChI=1S/C34H32N6O8S2/c1-47-29-15-19(11-13-25(29)33(49(41,42)43)17-27(39-37)31(35)21-7-3-5-9-23(21)33)20-12-14-26(30(16-20)48-2)34(50(44,45)46)18-28(40-38)32(36)22-8-4-6-10-24(22)34/h3-16,35-36H,17-18,37-38H2,1-2H3,(H,41,42,43)(H,44,45,46)/b35-31?,36-32?,39-27-,40-28+. The molecule has 2 aliphatic carbocycles. The molecule has 0 heterocycles. The number of methoxy groups -OCH3 is 2. The number of nitrogens with one attached hydrogen (secondary N) is 2. The highest BCUT2D eigenvalue weighted by Gasteiger charge is 2.55. The number of nitrogens with zero attached hydrogens (tertiary/aromatic N) is 2. The molecule has 0 amide bonds. The molecule has 0 spiro atoms. The first-order valence-corrected chi connectivity index (χ1v) is 17.8. The molecule has 4 aromatic rings. The summed E-state index contributed by atoms with van der Waals surface area (Å²) in [5.41, 5.74) is 1.62. The van der Waals surface area contributed by atoms with E-state index in [2.05, 4.69) is 10.2 Å². The van der Waals surface area contributed by atoms with Crippen LogP contribution in [-0.2, 0) is 29.7 Å². The van der Waals surface area contributed by atoms with Crippen molar-refractivity contribution in [3.05, 3.63) is 118 Å². The SMILES string of the molecule is COc1cc(-c2ccc(C3(S(=O)(=O)O)C/C(=N\N)C(=N)c4ccccc43)c(OC)c2)ccc1C1(S(=O)(=O)O)C/C(=N/N)C(=N)c2ccccc21. The van der Waals surface area contributed by atoms with Crippen molar-refractivity contribution in [1.82, 2.24) is 0 Å². The second kappa shape index (κ2) is 12.2. The van der Waals surface area contributed by atoms with Gasteiger partial charge in [0.2, 0.25) is 0 Å². The van der Waals surface area contributed by atoms with Gasteiger partial charge in [-0.15, -0.1) is 0 Å². The Bertz CT molecular complexity index is 2230. The molecule has 2 aliphatic rings. The first-order valence-electron chi connectivity index (χ1n) is 14.9. The van der Waals surface area contributed by atoms with Crippen molar-refractivity contribution in [3.8, 4) is 22.6 Å². The minimum Gasteiger partial charge on any atom is -0.496 e. The topological polar surface area (TPSA) is 252 Å². The Kier molecular flexibility index (Phi) is 8.38. The molecule has 0 aromatic heterocycles. The molecule has 0 bridgehead atoms. The van der Waals surface area contributed by atoms with Crippen molar-refractivity contribution in [2.45, 2.75) is 22.3 Å². The van der Waals surface area contributed by atoms with Gasteiger partial charge in [-0.2, -0.15) is 27.0 Å². The van der Waals surface area contributed by atoms with E-state index in [4.69, 9.17) is 32.0 Å². The predicted molar refractivity (Wildman–Crippen MR) is 189 cm³/mol. The molecule has 0 radical (unpaired) electrons. The number of hydrogen-bond donors (Lipinski definition) is 6. The fourth-order valence-electron chi connectivity index (χ4n) is 7.10. The number of rotatable bonds is 7. The summed E-state index contributed by atoms with van der Waals surface area (Å²) in [6.45, 7) is 0. The minimum absolute atomic E-state index is 0.0391. The monoisotopic (exact) mass is 716 g/mol. The van der Waals surface area contributed by atoms with Gasteiger partial charge in [0, 0.05) is 35.1 Å². The highest BCUT2D eigenvalue weighted by Crippen LogP contribution is 2.51. The van der Waals surface area contributed by atoms with Gasteiger partial charge in [0.1, 0.15) is 11.5 Å². The first kappa shape index (κ1) is 34.4. The molecule has 0 saturated heterocycles. The molecular formula is C34H32N6O8S2. The summed E-state index contributed by atoms with van der Waals surface area (Å²) in [5.74, 6) is 11.3. The van der Waals surface area contributed by atoms with Gasteiger partial charge in [0.15, 0.2) is 9.49 Å². The number of ether oxygens (including phenoxy) is 2. The lowest BCUT2D eigenvalue weighted by atomic mass is 9.75. The van der Waals surface area contributed by atoms with E-state index >= 15 is 0 Å². The normalized spacial score (nSPS) is 22.2. The minimum atomic E-state index is -4.96. The maximum Gasteiger partial charge on any atom is 0.279 e. The lowest BCUT2D eigenvalue weighted by Crippen LogP contribution is -2.46. The highest BCUT2D eigenvalue weighted by molar-refractivity contribution is 7.87. The van der Waals surface area contributed by atoms with E-state index in [1.54, 1.807) is 60.7 Å². The number of hydrogen-bond acceptors (Lipinski definition) is 12. The molecule has 6 rings (SSSR count). The lowest BCUT2D eigenvalue weighted by molar-refractivity contribution is 0.396. The molecule has 0 fully saturated rings. The Balaban J connectivity index is 1.55. The van der Waals surface area contributed by atoms with Gasteiger partial charge in [-0.25, -0.2) is 0 Å². The quantitative estimate of drug-likeness (QED) is 0.0916. The van der Waals surface area contributed by atoms with Crippen LogP contribution in [0.4, 0.5) is 0 Å². The fraction of sp³-hybridized carbons (Fsp3) is 0.176. The Morgan fingerprint density at radius 2 is 0.980 bits per heavy atom. The van der Waals surface area contributed by atoms with Crippen molar-refractivity contribution >= 4 is 43.1 Å². The van der Waals surface area contributed by atoms with E-state index in [0.29, 0.717) is 11.1 Å². The van der Waals surface area contributed by atoms with Gasteiger partial charge in [0.05, 0.1) is 37.1 Å². The van der Waals surface area contributed by atoms with E-state index in [9.17, 15) is 25.9 Å². The van der Waals surface area contributed by atoms with Crippen molar-refractivity contribution in [3.63, 3.8) is 0 Å². The zero-order valence-electron chi connectivity index (χ0n) is 26.7. The van der Waals surface area contributed by atoms with E-state index < -0.39 is 42.6 Å². The zero-order valence-corrected chi connectivity index (χ0v) is 28.3. The summed E-state index contributed by atoms with van der Waals surface area (Å²) in [6.07, 6.45) is -0.887. The molecule has 14 nitrogen and oxygen atoms in total. The van der Waals surface area contributed by atoms with E-state index in [-0.39, 0.29) is 67.7 Å². The molecule has 16 heteroatoms. The number of hydrazone groups is 2. The Hall–Kier alpha value is -5.42. The second-order valence-corrected chi connectivity index (χ2v) is 15.1. The van der Waals surface area contributed by atoms with Crippen molar-refractivity contribution in [2.75, 3.05) is 14.2 Å².